The molecule has 4 rings (SSSR count). The van der Waals surface area contributed by atoms with E-state index < -0.39 is 0 Å². The van der Waals surface area contributed by atoms with Crippen molar-refractivity contribution in [2.24, 2.45) is 0 Å². The summed E-state index contributed by atoms with van der Waals surface area (Å²) in [7, 11) is 0. The van der Waals surface area contributed by atoms with E-state index in [9.17, 15) is 4.79 Å². The Balaban J connectivity index is 1.50. The number of carbonyl (C=O) groups is 1. The number of nitrogens with two attached hydrogens (primary N) is 1. The summed E-state index contributed by atoms with van der Waals surface area (Å²) in [5, 5.41) is 4.86. The number of aryl methyl sites for hydroxylation is 1. The van der Waals surface area contributed by atoms with Gasteiger partial charge in [-0.05, 0) is 54.4 Å². The molecule has 3 aromatic heterocycles. The maximum atomic E-state index is 12.6. The molecule has 0 aliphatic carbocycles. The van der Waals surface area contributed by atoms with Gasteiger partial charge in [-0.1, -0.05) is 29.3 Å². The number of rotatable bonds is 5. The molecule has 0 unspecified atom stereocenters. The second kappa shape index (κ2) is 8.88. The van der Waals surface area contributed by atoms with Crippen LogP contribution in [-0.4, -0.2) is 20.9 Å². The fraction of sp³-hybridized carbons (Fsp3) is 0.130. The van der Waals surface area contributed by atoms with Crippen LogP contribution in [0.1, 0.15) is 32.9 Å². The zero-order valence-corrected chi connectivity index (χ0v) is 18.2. The minimum atomic E-state index is -0.188. The van der Waals surface area contributed by atoms with Crippen molar-refractivity contribution in [2.45, 2.75) is 19.9 Å². The lowest BCUT2D eigenvalue weighted by Gasteiger charge is -2.09. The average Bonchev–Trinajstić information content (AvgIpc) is 2.73. The lowest BCUT2D eigenvalue weighted by molar-refractivity contribution is 0.0950. The van der Waals surface area contributed by atoms with Crippen molar-refractivity contribution >= 4 is 45.8 Å². The number of amides is 1. The second-order valence-corrected chi connectivity index (χ2v) is 8.02. The maximum absolute atomic E-state index is 12.6. The van der Waals surface area contributed by atoms with Crippen LogP contribution in [0.25, 0.3) is 10.9 Å². The van der Waals surface area contributed by atoms with Crippen molar-refractivity contribution in [1.82, 2.24) is 20.3 Å². The molecule has 3 N–H and O–H groups in total. The number of nitrogen functional groups attached to an aromatic ring is 1. The Morgan fingerprint density at radius 3 is 2.74 bits per heavy atom. The molecule has 0 bridgehead atoms. The Morgan fingerprint density at radius 1 is 1.10 bits per heavy atom. The largest absolute Gasteiger partial charge is 0.384 e. The van der Waals surface area contributed by atoms with Gasteiger partial charge in [-0.3, -0.25) is 14.8 Å². The first-order valence-electron chi connectivity index (χ1n) is 9.58. The van der Waals surface area contributed by atoms with Crippen LogP contribution < -0.4 is 11.1 Å². The Hall–Kier alpha value is -3.22. The van der Waals surface area contributed by atoms with Gasteiger partial charge in [0.05, 0.1) is 15.6 Å². The molecule has 6 nitrogen and oxygen atoms in total. The topological polar surface area (TPSA) is 93.8 Å². The molecule has 0 spiro atoms. The first-order chi connectivity index (χ1) is 14.9. The monoisotopic (exact) mass is 451 g/mol. The highest BCUT2D eigenvalue weighted by Gasteiger charge is 2.10. The number of hydrogen-bond donors (Lipinski definition) is 2. The first-order valence-corrected chi connectivity index (χ1v) is 10.3. The molecule has 0 saturated heterocycles. The molecular weight excluding hydrogens is 433 g/mol. The quantitative estimate of drug-likeness (QED) is 0.456. The third-order valence-electron chi connectivity index (χ3n) is 4.88. The molecule has 1 amide bonds. The zero-order chi connectivity index (χ0) is 22.0. The van der Waals surface area contributed by atoms with E-state index in [1.807, 2.05) is 31.2 Å². The average molecular weight is 452 g/mol. The van der Waals surface area contributed by atoms with E-state index in [4.69, 9.17) is 28.9 Å². The molecular formula is C23H19Cl2N5O. The first kappa shape index (κ1) is 21.0. The van der Waals surface area contributed by atoms with Gasteiger partial charge < -0.3 is 11.1 Å². The summed E-state index contributed by atoms with van der Waals surface area (Å²) in [5.41, 5.74) is 10.3. The second-order valence-electron chi connectivity index (χ2n) is 7.18. The van der Waals surface area contributed by atoms with Gasteiger partial charge >= 0.3 is 0 Å². The van der Waals surface area contributed by atoms with Crippen LogP contribution in [-0.2, 0) is 13.0 Å². The number of hydrogen-bond acceptors (Lipinski definition) is 5. The van der Waals surface area contributed by atoms with E-state index in [0.29, 0.717) is 39.9 Å². The molecule has 31 heavy (non-hydrogen) atoms. The minimum Gasteiger partial charge on any atom is -0.384 e. The van der Waals surface area contributed by atoms with Gasteiger partial charge in [0.2, 0.25) is 0 Å². The third-order valence-corrected chi connectivity index (χ3v) is 5.38. The number of carbonyl (C=O) groups excluding carboxylic acids is 1. The van der Waals surface area contributed by atoms with Gasteiger partial charge in [-0.2, -0.15) is 0 Å². The van der Waals surface area contributed by atoms with Crippen LogP contribution in [0.4, 0.5) is 5.82 Å². The van der Waals surface area contributed by atoms with E-state index in [-0.39, 0.29) is 5.91 Å². The Kier molecular flexibility index (Phi) is 6.02. The summed E-state index contributed by atoms with van der Waals surface area (Å²) in [5.74, 6) is 0.269. The lowest BCUT2D eigenvalue weighted by atomic mass is 10.0. The van der Waals surface area contributed by atoms with Crippen LogP contribution in [0.3, 0.4) is 0 Å². The van der Waals surface area contributed by atoms with Crippen molar-refractivity contribution in [3.8, 4) is 0 Å². The summed E-state index contributed by atoms with van der Waals surface area (Å²) in [4.78, 5) is 25.5. The SMILES string of the molecule is Cc1nc(N)ccc1CNC(=O)c1ccnc(Cc2cc(Cl)c3ncc(Cl)cc3c2)c1. The number of halogens is 2. The summed E-state index contributed by atoms with van der Waals surface area (Å²) >= 11 is 12.4. The summed E-state index contributed by atoms with van der Waals surface area (Å²) < 4.78 is 0. The Morgan fingerprint density at radius 2 is 1.94 bits per heavy atom. The van der Waals surface area contributed by atoms with E-state index >= 15 is 0 Å². The summed E-state index contributed by atoms with van der Waals surface area (Å²) in [6.07, 6.45) is 3.71. The van der Waals surface area contributed by atoms with Crippen molar-refractivity contribution in [1.29, 1.82) is 0 Å². The standard InChI is InChI=1S/C23H19Cl2N5O/c1-13-16(2-3-21(26)30-13)11-29-23(31)15-4-5-27-19(10-15)7-14-6-17-9-18(24)12-28-22(17)20(25)8-14/h2-6,8-10,12H,7,11H2,1H3,(H2,26,30)(H,29,31). The van der Waals surface area contributed by atoms with Crippen LogP contribution in [0.5, 0.6) is 0 Å². The lowest BCUT2D eigenvalue weighted by Crippen LogP contribution is -2.23. The highest BCUT2D eigenvalue weighted by Crippen LogP contribution is 2.26. The van der Waals surface area contributed by atoms with Crippen molar-refractivity contribution in [3.63, 3.8) is 0 Å². The van der Waals surface area contributed by atoms with E-state index in [1.165, 1.54) is 0 Å². The molecule has 4 aromatic rings. The number of anilines is 1. The van der Waals surface area contributed by atoms with E-state index in [0.717, 1.165) is 27.9 Å². The maximum Gasteiger partial charge on any atom is 0.251 e. The number of fused-ring (bicyclic) bond motifs is 1. The van der Waals surface area contributed by atoms with Crippen molar-refractivity contribution in [3.05, 3.63) is 93.0 Å². The molecule has 0 aliphatic rings. The zero-order valence-electron chi connectivity index (χ0n) is 16.7. The highest BCUT2D eigenvalue weighted by atomic mass is 35.5. The predicted octanol–water partition coefficient (Wildman–Crippen LogP) is 4.74. The molecule has 1 aromatic carbocycles. The van der Waals surface area contributed by atoms with Crippen LogP contribution in [0.15, 0.2) is 54.9 Å². The van der Waals surface area contributed by atoms with Crippen molar-refractivity contribution < 1.29 is 4.79 Å². The van der Waals surface area contributed by atoms with E-state index in [2.05, 4.69) is 20.3 Å². The number of nitrogens with one attached hydrogen (secondary N) is 1. The van der Waals surface area contributed by atoms with Gasteiger partial charge in [0.1, 0.15) is 5.82 Å². The fourth-order valence-electron chi connectivity index (χ4n) is 3.34. The summed E-state index contributed by atoms with van der Waals surface area (Å²) in [6.45, 7) is 2.23. The number of aromatic nitrogens is 3. The normalized spacial score (nSPS) is 10.9. The molecule has 0 saturated carbocycles. The third kappa shape index (κ3) is 4.93. The van der Waals surface area contributed by atoms with Crippen LogP contribution in [0, 0.1) is 6.92 Å². The highest BCUT2D eigenvalue weighted by molar-refractivity contribution is 6.35. The number of nitrogens with zero attached hydrogens (tertiary/aromatic N) is 3. The Bertz CT molecular complexity index is 1290. The predicted molar refractivity (Wildman–Crippen MR) is 123 cm³/mol. The van der Waals surface area contributed by atoms with Gasteiger partial charge in [0, 0.05) is 47.7 Å². The van der Waals surface area contributed by atoms with Crippen molar-refractivity contribution in [2.75, 3.05) is 5.73 Å². The van der Waals surface area contributed by atoms with Gasteiger partial charge in [0.25, 0.3) is 5.91 Å². The number of benzene rings is 1. The van der Waals surface area contributed by atoms with Gasteiger partial charge in [-0.25, -0.2) is 4.98 Å². The molecule has 0 radical (unpaired) electrons. The van der Waals surface area contributed by atoms with Crippen LogP contribution >= 0.6 is 23.2 Å². The fourth-order valence-corrected chi connectivity index (χ4v) is 3.80. The molecule has 0 atom stereocenters. The minimum absolute atomic E-state index is 0.188. The smallest absolute Gasteiger partial charge is 0.251 e. The molecule has 8 heteroatoms. The molecule has 0 fully saturated rings. The number of pyridine rings is 3. The Labute approximate surface area is 189 Å². The molecule has 0 aliphatic heterocycles. The van der Waals surface area contributed by atoms with E-state index in [1.54, 1.807) is 30.6 Å². The van der Waals surface area contributed by atoms with Crippen LogP contribution in [0.2, 0.25) is 10.0 Å². The summed E-state index contributed by atoms with van der Waals surface area (Å²) in [6, 6.07) is 12.7. The molecule has 156 valence electrons. The van der Waals surface area contributed by atoms with Gasteiger partial charge in [0.15, 0.2) is 0 Å². The molecule has 3 heterocycles. The van der Waals surface area contributed by atoms with Gasteiger partial charge in [-0.15, -0.1) is 0 Å².